The Morgan fingerprint density at radius 2 is 2.07 bits per heavy atom. The number of aryl methyl sites for hydroxylation is 1. The normalized spacial score (nSPS) is 10.5. The first kappa shape index (κ1) is 11.7. The van der Waals surface area contributed by atoms with Gasteiger partial charge in [-0.2, -0.15) is 0 Å². The first-order valence-corrected chi connectivity index (χ1v) is 5.01. The quantitative estimate of drug-likeness (QED) is 0.677. The van der Waals surface area contributed by atoms with Crippen LogP contribution in [-0.4, -0.2) is 16.9 Å². The van der Waals surface area contributed by atoms with Gasteiger partial charge in [-0.3, -0.25) is 4.79 Å². The number of hydrogen-bond donors (Lipinski definition) is 1. The van der Waals surface area contributed by atoms with Gasteiger partial charge in [0.1, 0.15) is 0 Å². The lowest BCUT2D eigenvalue weighted by atomic mass is 10.1. The van der Waals surface area contributed by atoms with Gasteiger partial charge in [0.05, 0.1) is 0 Å². The maximum absolute atomic E-state index is 10.8. The van der Waals surface area contributed by atoms with Gasteiger partial charge >= 0.3 is 5.97 Å². The summed E-state index contributed by atoms with van der Waals surface area (Å²) in [6.45, 7) is 1.95. The summed E-state index contributed by atoms with van der Waals surface area (Å²) in [6, 6.07) is 5.59. The lowest BCUT2D eigenvalue weighted by molar-refractivity contribution is -0.146. The Morgan fingerprint density at radius 3 is 2.60 bits per heavy atom. The third-order valence-electron chi connectivity index (χ3n) is 1.78. The van der Waals surface area contributed by atoms with Crippen LogP contribution >= 0.6 is 15.9 Å². The molecule has 0 aliphatic heterocycles. The Bertz CT molecular complexity index is 435. The van der Waals surface area contributed by atoms with Crippen LogP contribution in [0.2, 0.25) is 0 Å². The van der Waals surface area contributed by atoms with E-state index in [9.17, 15) is 9.59 Å². The number of benzene rings is 1. The molecule has 0 heterocycles. The van der Waals surface area contributed by atoms with Crippen LogP contribution in [0.5, 0.6) is 0 Å². The first-order valence-electron chi connectivity index (χ1n) is 4.22. The lowest BCUT2D eigenvalue weighted by Gasteiger charge is -1.99. The van der Waals surface area contributed by atoms with Crippen molar-refractivity contribution in [2.45, 2.75) is 6.92 Å². The smallest absolute Gasteiger partial charge is 0.376 e. The Balaban J connectivity index is 2.90. The van der Waals surface area contributed by atoms with Gasteiger partial charge in [-0.25, -0.2) is 4.79 Å². The van der Waals surface area contributed by atoms with E-state index in [0.717, 1.165) is 21.7 Å². The van der Waals surface area contributed by atoms with E-state index in [1.54, 1.807) is 0 Å². The highest BCUT2D eigenvalue weighted by Gasteiger charge is 2.06. The van der Waals surface area contributed by atoms with Gasteiger partial charge in [-0.1, -0.05) is 28.1 Å². The Labute approximate surface area is 95.6 Å². The fraction of sp³-hybridized carbons (Fsp3) is 0.0909. The third-order valence-corrected chi connectivity index (χ3v) is 2.47. The highest BCUT2D eigenvalue weighted by molar-refractivity contribution is 9.10. The number of carbonyl (C=O) groups excluding carboxylic acids is 1. The maximum atomic E-state index is 10.8. The van der Waals surface area contributed by atoms with Crippen LogP contribution < -0.4 is 0 Å². The third kappa shape index (κ3) is 3.32. The molecule has 0 aliphatic carbocycles. The molecule has 1 rings (SSSR count). The molecule has 0 unspecified atom stereocenters. The van der Waals surface area contributed by atoms with Crippen LogP contribution in [-0.2, 0) is 9.59 Å². The number of ketones is 1. The molecule has 78 valence electrons. The van der Waals surface area contributed by atoms with Gasteiger partial charge < -0.3 is 5.11 Å². The molecule has 15 heavy (non-hydrogen) atoms. The molecule has 3 nitrogen and oxygen atoms in total. The monoisotopic (exact) mass is 268 g/mol. The number of halogens is 1. The second-order valence-electron chi connectivity index (χ2n) is 3.03. The highest BCUT2D eigenvalue weighted by Crippen LogP contribution is 2.19. The van der Waals surface area contributed by atoms with Gasteiger partial charge in [-0.05, 0) is 36.3 Å². The molecule has 0 amide bonds. The SMILES string of the molecule is Cc1ccc(/C=C/C(=O)C(=O)O)c(Br)c1. The molecule has 0 fully saturated rings. The fourth-order valence-electron chi connectivity index (χ4n) is 1.00. The molecule has 0 spiro atoms. The molecule has 1 aromatic rings. The highest BCUT2D eigenvalue weighted by atomic mass is 79.9. The molecule has 1 N–H and O–H groups in total. The summed E-state index contributed by atoms with van der Waals surface area (Å²) in [5.41, 5.74) is 1.86. The molecule has 1 aromatic carbocycles. The van der Waals surface area contributed by atoms with E-state index in [0.29, 0.717) is 0 Å². The number of aliphatic carboxylic acids is 1. The minimum Gasteiger partial charge on any atom is -0.475 e. The summed E-state index contributed by atoms with van der Waals surface area (Å²) in [5.74, 6) is -2.38. The largest absolute Gasteiger partial charge is 0.475 e. The Kier molecular flexibility index (Phi) is 3.80. The molecule has 0 radical (unpaired) electrons. The van der Waals surface area contributed by atoms with Crippen molar-refractivity contribution in [2.75, 3.05) is 0 Å². The molecule has 0 bridgehead atoms. The van der Waals surface area contributed by atoms with Crippen LogP contribution in [0.3, 0.4) is 0 Å². The van der Waals surface area contributed by atoms with Crippen molar-refractivity contribution < 1.29 is 14.7 Å². The van der Waals surface area contributed by atoms with Gasteiger partial charge in [0.25, 0.3) is 5.78 Å². The van der Waals surface area contributed by atoms with Crippen LogP contribution in [0.4, 0.5) is 0 Å². The van der Waals surface area contributed by atoms with Crippen molar-refractivity contribution in [3.05, 3.63) is 39.9 Å². The van der Waals surface area contributed by atoms with E-state index in [4.69, 9.17) is 5.11 Å². The van der Waals surface area contributed by atoms with E-state index < -0.39 is 11.8 Å². The summed E-state index contributed by atoms with van der Waals surface area (Å²) in [6.07, 6.45) is 2.51. The van der Waals surface area contributed by atoms with Crippen LogP contribution in [0.25, 0.3) is 6.08 Å². The second kappa shape index (κ2) is 4.89. The second-order valence-corrected chi connectivity index (χ2v) is 3.88. The van der Waals surface area contributed by atoms with Crippen LogP contribution in [0, 0.1) is 6.92 Å². The summed E-state index contributed by atoms with van der Waals surface area (Å²) in [7, 11) is 0. The van der Waals surface area contributed by atoms with Gasteiger partial charge in [0.15, 0.2) is 0 Å². The average molecular weight is 269 g/mol. The molecule has 0 aromatic heterocycles. The van der Waals surface area contributed by atoms with Crippen LogP contribution in [0.15, 0.2) is 28.7 Å². The van der Waals surface area contributed by atoms with Crippen molar-refractivity contribution >= 4 is 33.8 Å². The number of carboxylic acids is 1. The standard InChI is InChI=1S/C11H9BrO3/c1-7-2-3-8(9(12)6-7)4-5-10(13)11(14)15/h2-6H,1H3,(H,14,15)/b5-4+. The summed E-state index contributed by atoms with van der Waals surface area (Å²) >= 11 is 3.32. The van der Waals surface area contributed by atoms with Crippen molar-refractivity contribution in [3.63, 3.8) is 0 Å². The fourth-order valence-corrected chi connectivity index (χ4v) is 1.63. The zero-order valence-corrected chi connectivity index (χ0v) is 9.61. The molecule has 0 atom stereocenters. The van der Waals surface area contributed by atoms with Crippen molar-refractivity contribution in [1.82, 2.24) is 0 Å². The number of rotatable bonds is 3. The predicted octanol–water partition coefficient (Wildman–Crippen LogP) is 2.42. The first-order chi connectivity index (χ1) is 7.00. The average Bonchev–Trinajstić information content (AvgIpc) is 2.15. The lowest BCUT2D eigenvalue weighted by Crippen LogP contribution is -2.08. The van der Waals surface area contributed by atoms with Crippen molar-refractivity contribution in [2.24, 2.45) is 0 Å². The molecule has 4 heteroatoms. The van der Waals surface area contributed by atoms with Gasteiger partial charge in [-0.15, -0.1) is 0 Å². The van der Waals surface area contributed by atoms with Crippen LogP contribution in [0.1, 0.15) is 11.1 Å². The van der Waals surface area contributed by atoms with E-state index in [2.05, 4.69) is 15.9 Å². The molecular formula is C11H9BrO3. The molecule has 0 saturated heterocycles. The zero-order valence-electron chi connectivity index (χ0n) is 8.03. The van der Waals surface area contributed by atoms with Crippen molar-refractivity contribution in [3.8, 4) is 0 Å². The predicted molar refractivity (Wildman–Crippen MR) is 60.6 cm³/mol. The van der Waals surface area contributed by atoms with E-state index in [1.807, 2.05) is 25.1 Å². The number of carbonyl (C=O) groups is 2. The molecule has 0 aliphatic rings. The topological polar surface area (TPSA) is 54.4 Å². The molecular weight excluding hydrogens is 260 g/mol. The number of hydrogen-bond acceptors (Lipinski definition) is 2. The maximum Gasteiger partial charge on any atom is 0.376 e. The molecule has 0 saturated carbocycles. The van der Waals surface area contributed by atoms with E-state index in [-0.39, 0.29) is 0 Å². The minimum absolute atomic E-state index is 0.773. The van der Waals surface area contributed by atoms with Gasteiger partial charge in [0, 0.05) is 4.47 Å². The Hall–Kier alpha value is -1.42. The Morgan fingerprint density at radius 1 is 1.40 bits per heavy atom. The minimum atomic E-state index is -1.45. The summed E-state index contributed by atoms with van der Waals surface area (Å²) in [4.78, 5) is 21.0. The van der Waals surface area contributed by atoms with E-state index in [1.165, 1.54) is 6.08 Å². The van der Waals surface area contributed by atoms with Gasteiger partial charge in [0.2, 0.25) is 0 Å². The van der Waals surface area contributed by atoms with Crippen molar-refractivity contribution in [1.29, 1.82) is 0 Å². The zero-order chi connectivity index (χ0) is 11.4. The summed E-state index contributed by atoms with van der Waals surface area (Å²) < 4.78 is 0.830. The van der Waals surface area contributed by atoms with E-state index >= 15 is 0 Å². The summed E-state index contributed by atoms with van der Waals surface area (Å²) in [5, 5.41) is 8.36. The number of carboxylic acid groups (broad SMARTS) is 1.